The van der Waals surface area contributed by atoms with E-state index < -0.39 is 0 Å². The van der Waals surface area contributed by atoms with E-state index in [4.69, 9.17) is 10.5 Å². The largest absolute Gasteiger partial charge is 0.381 e. The highest BCUT2D eigenvalue weighted by Gasteiger charge is 2.16. The molecule has 1 amide bonds. The van der Waals surface area contributed by atoms with Crippen molar-refractivity contribution in [2.45, 2.75) is 19.4 Å². The third-order valence-corrected chi connectivity index (χ3v) is 3.64. The number of nitrogens with zero attached hydrogens (tertiary/aromatic N) is 1. The molecule has 0 aliphatic carbocycles. The van der Waals surface area contributed by atoms with Crippen molar-refractivity contribution in [2.75, 3.05) is 19.8 Å². The molecule has 17 heavy (non-hydrogen) atoms. The van der Waals surface area contributed by atoms with Crippen LogP contribution in [0.5, 0.6) is 0 Å². The highest BCUT2D eigenvalue weighted by atomic mass is 32.1. The molecule has 5 nitrogen and oxygen atoms in total. The van der Waals surface area contributed by atoms with E-state index in [-0.39, 0.29) is 5.91 Å². The molecule has 6 heteroatoms. The van der Waals surface area contributed by atoms with E-state index in [0.717, 1.165) is 31.1 Å². The minimum absolute atomic E-state index is 0.119. The lowest BCUT2D eigenvalue weighted by Gasteiger charge is -2.21. The summed E-state index contributed by atoms with van der Waals surface area (Å²) in [5, 5.41) is 5.42. The summed E-state index contributed by atoms with van der Waals surface area (Å²) < 4.78 is 5.36. The SMILES string of the molecule is NCc1nc(C(=O)NCC2CCCOC2)cs1. The molecule has 2 heterocycles. The van der Waals surface area contributed by atoms with Crippen molar-refractivity contribution < 1.29 is 9.53 Å². The number of nitrogens with one attached hydrogen (secondary N) is 1. The predicted octanol–water partition coefficient (Wildman–Crippen LogP) is 0.758. The van der Waals surface area contributed by atoms with Gasteiger partial charge in [-0.2, -0.15) is 0 Å². The number of carbonyl (C=O) groups excluding carboxylic acids is 1. The Balaban J connectivity index is 1.80. The van der Waals surface area contributed by atoms with Crippen LogP contribution < -0.4 is 11.1 Å². The third-order valence-electron chi connectivity index (χ3n) is 2.76. The Labute approximate surface area is 104 Å². The standard InChI is InChI=1S/C11H17N3O2S/c12-4-10-14-9(7-17-10)11(15)13-5-8-2-1-3-16-6-8/h7-8H,1-6,12H2,(H,13,15). The fourth-order valence-corrected chi connectivity index (χ4v) is 2.46. The lowest BCUT2D eigenvalue weighted by Crippen LogP contribution is -2.33. The van der Waals surface area contributed by atoms with Gasteiger partial charge in [-0.05, 0) is 18.8 Å². The lowest BCUT2D eigenvalue weighted by molar-refractivity contribution is 0.0536. The third kappa shape index (κ3) is 3.49. The van der Waals surface area contributed by atoms with E-state index in [0.29, 0.717) is 24.7 Å². The van der Waals surface area contributed by atoms with Gasteiger partial charge in [0, 0.05) is 25.1 Å². The van der Waals surface area contributed by atoms with Gasteiger partial charge in [-0.25, -0.2) is 4.98 Å². The first kappa shape index (κ1) is 12.5. The maximum atomic E-state index is 11.8. The topological polar surface area (TPSA) is 77.2 Å². The Morgan fingerprint density at radius 3 is 3.24 bits per heavy atom. The lowest BCUT2D eigenvalue weighted by atomic mass is 10.0. The van der Waals surface area contributed by atoms with E-state index in [9.17, 15) is 4.79 Å². The van der Waals surface area contributed by atoms with E-state index in [1.165, 1.54) is 11.3 Å². The van der Waals surface area contributed by atoms with Gasteiger partial charge in [0.25, 0.3) is 5.91 Å². The van der Waals surface area contributed by atoms with Crippen molar-refractivity contribution >= 4 is 17.2 Å². The molecular weight excluding hydrogens is 238 g/mol. The summed E-state index contributed by atoms with van der Waals surface area (Å²) in [6, 6.07) is 0. The van der Waals surface area contributed by atoms with Crippen molar-refractivity contribution in [3.63, 3.8) is 0 Å². The second-order valence-electron chi connectivity index (χ2n) is 4.12. The smallest absolute Gasteiger partial charge is 0.270 e. The van der Waals surface area contributed by atoms with Gasteiger partial charge >= 0.3 is 0 Å². The summed E-state index contributed by atoms with van der Waals surface area (Å²) in [5.74, 6) is 0.312. The van der Waals surface area contributed by atoms with Crippen molar-refractivity contribution in [1.29, 1.82) is 0 Å². The zero-order valence-corrected chi connectivity index (χ0v) is 10.5. The average Bonchev–Trinajstić information content (AvgIpc) is 2.86. The molecule has 1 aliphatic heterocycles. The molecule has 1 fully saturated rings. The first-order chi connectivity index (χ1) is 8.29. The summed E-state index contributed by atoms with van der Waals surface area (Å²) in [6.45, 7) is 2.63. The second kappa shape index (κ2) is 6.09. The van der Waals surface area contributed by atoms with Crippen molar-refractivity contribution in [3.8, 4) is 0 Å². The Morgan fingerprint density at radius 2 is 2.59 bits per heavy atom. The first-order valence-electron chi connectivity index (χ1n) is 5.80. The van der Waals surface area contributed by atoms with Crippen LogP contribution in [0.15, 0.2) is 5.38 Å². The van der Waals surface area contributed by atoms with Crippen LogP contribution in [-0.4, -0.2) is 30.6 Å². The van der Waals surface area contributed by atoms with Gasteiger partial charge in [0.2, 0.25) is 0 Å². The Bertz CT molecular complexity index is 375. The number of hydrogen-bond donors (Lipinski definition) is 2. The van der Waals surface area contributed by atoms with Gasteiger partial charge in [0.1, 0.15) is 10.7 Å². The zero-order valence-electron chi connectivity index (χ0n) is 9.65. The normalized spacial score (nSPS) is 20.2. The maximum Gasteiger partial charge on any atom is 0.270 e. The van der Waals surface area contributed by atoms with Crippen molar-refractivity contribution in [3.05, 3.63) is 16.1 Å². The number of carbonyl (C=O) groups is 1. The average molecular weight is 255 g/mol. The first-order valence-corrected chi connectivity index (χ1v) is 6.68. The Morgan fingerprint density at radius 1 is 1.71 bits per heavy atom. The van der Waals surface area contributed by atoms with Gasteiger partial charge in [0.15, 0.2) is 0 Å². The summed E-state index contributed by atoms with van der Waals surface area (Å²) in [4.78, 5) is 15.9. The Hall–Kier alpha value is -0.980. The number of aromatic nitrogens is 1. The molecule has 0 aromatic carbocycles. The number of amides is 1. The molecular formula is C11H17N3O2S. The molecule has 2 rings (SSSR count). The van der Waals surface area contributed by atoms with Gasteiger partial charge in [0.05, 0.1) is 6.61 Å². The molecule has 0 saturated carbocycles. The van der Waals surface area contributed by atoms with Gasteiger partial charge in [-0.15, -0.1) is 11.3 Å². The van der Waals surface area contributed by atoms with Gasteiger partial charge in [-0.3, -0.25) is 4.79 Å². The molecule has 0 radical (unpaired) electrons. The van der Waals surface area contributed by atoms with Crippen LogP contribution >= 0.6 is 11.3 Å². The van der Waals surface area contributed by atoms with Gasteiger partial charge in [-0.1, -0.05) is 0 Å². The summed E-state index contributed by atoms with van der Waals surface area (Å²) in [5.41, 5.74) is 5.92. The van der Waals surface area contributed by atoms with E-state index >= 15 is 0 Å². The number of thiazole rings is 1. The number of nitrogens with two attached hydrogens (primary N) is 1. The molecule has 94 valence electrons. The molecule has 1 saturated heterocycles. The van der Waals surface area contributed by atoms with Crippen molar-refractivity contribution in [1.82, 2.24) is 10.3 Å². The molecule has 3 N–H and O–H groups in total. The van der Waals surface area contributed by atoms with Crippen LogP contribution in [-0.2, 0) is 11.3 Å². The van der Waals surface area contributed by atoms with E-state index in [1.807, 2.05) is 0 Å². The number of hydrogen-bond acceptors (Lipinski definition) is 5. The zero-order chi connectivity index (χ0) is 12.1. The fraction of sp³-hybridized carbons (Fsp3) is 0.636. The predicted molar refractivity (Wildman–Crippen MR) is 65.9 cm³/mol. The molecule has 1 aromatic heterocycles. The van der Waals surface area contributed by atoms with Crippen LogP contribution in [0.1, 0.15) is 28.3 Å². The quantitative estimate of drug-likeness (QED) is 0.832. The maximum absolute atomic E-state index is 11.8. The molecule has 0 spiro atoms. The van der Waals surface area contributed by atoms with Crippen LogP contribution in [0.3, 0.4) is 0 Å². The number of ether oxygens (including phenoxy) is 1. The highest BCUT2D eigenvalue weighted by Crippen LogP contribution is 2.13. The highest BCUT2D eigenvalue weighted by molar-refractivity contribution is 7.09. The minimum atomic E-state index is -0.119. The van der Waals surface area contributed by atoms with Crippen LogP contribution in [0.4, 0.5) is 0 Å². The van der Waals surface area contributed by atoms with E-state index in [2.05, 4.69) is 10.3 Å². The Kier molecular flexibility index (Phi) is 4.47. The molecule has 1 aliphatic rings. The second-order valence-corrected chi connectivity index (χ2v) is 5.07. The van der Waals surface area contributed by atoms with Gasteiger partial charge < -0.3 is 15.8 Å². The minimum Gasteiger partial charge on any atom is -0.381 e. The molecule has 1 unspecified atom stereocenters. The monoisotopic (exact) mass is 255 g/mol. The summed E-state index contributed by atoms with van der Waals surface area (Å²) in [7, 11) is 0. The van der Waals surface area contributed by atoms with Crippen LogP contribution in [0.25, 0.3) is 0 Å². The van der Waals surface area contributed by atoms with E-state index in [1.54, 1.807) is 5.38 Å². The molecule has 1 atom stereocenters. The summed E-state index contributed by atoms with van der Waals surface area (Å²) in [6.07, 6.45) is 2.19. The summed E-state index contributed by atoms with van der Waals surface area (Å²) >= 11 is 1.42. The molecule has 1 aromatic rings. The van der Waals surface area contributed by atoms with Crippen LogP contribution in [0.2, 0.25) is 0 Å². The fourth-order valence-electron chi connectivity index (χ4n) is 1.80. The van der Waals surface area contributed by atoms with Crippen molar-refractivity contribution in [2.24, 2.45) is 11.7 Å². The number of rotatable bonds is 4. The van der Waals surface area contributed by atoms with Crippen LogP contribution in [0, 0.1) is 5.92 Å². The molecule has 0 bridgehead atoms.